The Morgan fingerprint density at radius 2 is 2.37 bits per heavy atom. The molecule has 2 amide bonds. The molecule has 3 N–H and O–H groups in total. The molecule has 1 saturated heterocycles. The number of carbonyl (C=O) groups excluding carboxylic acids is 1. The molecule has 1 fully saturated rings. The molecule has 0 unspecified atom stereocenters. The molecule has 1 aliphatic heterocycles. The number of carbonyl (C=O) groups is 2. The van der Waals surface area contributed by atoms with E-state index in [0.29, 0.717) is 13.0 Å². The van der Waals surface area contributed by atoms with Gasteiger partial charge >= 0.3 is 12.0 Å². The van der Waals surface area contributed by atoms with E-state index in [0.717, 1.165) is 9.91 Å². The number of carboxylic acids is 1. The maximum Gasteiger partial charge on any atom is 0.326 e. The standard InChI is InChI=1S/C11H15N3O4S/c15-7-5-8(10(16)17)14(6-7)11(18)13-2-1-9-12-3-4-19-9/h3-4,7-8,15H,1-2,5-6H2,(H,13,18)(H,16,17)/t7-,8+/m1/s1. The summed E-state index contributed by atoms with van der Waals surface area (Å²) in [5.41, 5.74) is 0. The third-order valence-corrected chi connectivity index (χ3v) is 3.76. The quantitative estimate of drug-likeness (QED) is 0.717. The number of thiazole rings is 1. The third-order valence-electron chi connectivity index (χ3n) is 2.92. The molecule has 2 atom stereocenters. The number of β-amino-alcohol motifs (C(OH)–C–C–N with tert-alkyl or cyclic N) is 1. The molecule has 1 aromatic rings. The van der Waals surface area contributed by atoms with Gasteiger partial charge in [0.15, 0.2) is 0 Å². The second kappa shape index (κ2) is 5.98. The van der Waals surface area contributed by atoms with Crippen LogP contribution in [-0.4, -0.2) is 57.3 Å². The lowest BCUT2D eigenvalue weighted by molar-refractivity contribution is -0.141. The SMILES string of the molecule is O=C(O)[C@@H]1C[C@@H](O)CN1C(=O)NCCc1nccs1. The number of aliphatic hydroxyl groups excluding tert-OH is 1. The number of carboxylic acid groups (broad SMARTS) is 1. The Balaban J connectivity index is 1.83. The second-order valence-electron chi connectivity index (χ2n) is 4.30. The highest BCUT2D eigenvalue weighted by atomic mass is 32.1. The van der Waals surface area contributed by atoms with Gasteiger partial charge in [0.2, 0.25) is 0 Å². The van der Waals surface area contributed by atoms with Crippen LogP contribution in [0.5, 0.6) is 0 Å². The summed E-state index contributed by atoms with van der Waals surface area (Å²) in [6.45, 7) is 0.450. The number of urea groups is 1. The monoisotopic (exact) mass is 285 g/mol. The summed E-state index contributed by atoms with van der Waals surface area (Å²) >= 11 is 1.50. The topological polar surface area (TPSA) is 103 Å². The van der Waals surface area contributed by atoms with E-state index >= 15 is 0 Å². The van der Waals surface area contributed by atoms with Gasteiger partial charge in [0.25, 0.3) is 0 Å². The predicted octanol–water partition coefficient (Wildman–Crippen LogP) is -0.0850. The molecule has 0 aromatic carbocycles. The first-order chi connectivity index (χ1) is 9.08. The number of amides is 2. The van der Waals surface area contributed by atoms with Gasteiger partial charge in [0.05, 0.1) is 11.1 Å². The van der Waals surface area contributed by atoms with Gasteiger partial charge < -0.3 is 20.4 Å². The molecular weight excluding hydrogens is 270 g/mol. The average Bonchev–Trinajstić information content (AvgIpc) is 2.98. The Bertz CT molecular complexity index is 451. The van der Waals surface area contributed by atoms with Crippen molar-refractivity contribution in [2.75, 3.05) is 13.1 Å². The Morgan fingerprint density at radius 1 is 1.58 bits per heavy atom. The molecule has 0 spiro atoms. The van der Waals surface area contributed by atoms with Crippen LogP contribution in [0.25, 0.3) is 0 Å². The molecule has 2 rings (SSSR count). The van der Waals surface area contributed by atoms with Crippen LogP contribution < -0.4 is 5.32 Å². The second-order valence-corrected chi connectivity index (χ2v) is 5.28. The van der Waals surface area contributed by atoms with Gasteiger partial charge in [-0.1, -0.05) is 0 Å². The van der Waals surface area contributed by atoms with Crippen molar-refractivity contribution < 1.29 is 19.8 Å². The highest BCUT2D eigenvalue weighted by Crippen LogP contribution is 2.18. The Morgan fingerprint density at radius 3 is 3.00 bits per heavy atom. The smallest absolute Gasteiger partial charge is 0.326 e. The summed E-state index contributed by atoms with van der Waals surface area (Å²) in [5.74, 6) is -1.09. The molecule has 8 heteroatoms. The van der Waals surface area contributed by atoms with Crippen molar-refractivity contribution >= 4 is 23.3 Å². The molecule has 1 aliphatic rings. The maximum absolute atomic E-state index is 11.9. The summed E-state index contributed by atoms with van der Waals surface area (Å²) in [4.78, 5) is 28.1. The van der Waals surface area contributed by atoms with Gasteiger partial charge in [-0.25, -0.2) is 14.6 Å². The van der Waals surface area contributed by atoms with Gasteiger partial charge in [0, 0.05) is 37.5 Å². The fraction of sp³-hybridized carbons (Fsp3) is 0.545. The molecule has 104 valence electrons. The lowest BCUT2D eigenvalue weighted by Crippen LogP contribution is -2.46. The first-order valence-corrected chi connectivity index (χ1v) is 6.79. The van der Waals surface area contributed by atoms with Crippen molar-refractivity contribution in [3.63, 3.8) is 0 Å². The van der Waals surface area contributed by atoms with Gasteiger partial charge in [-0.05, 0) is 0 Å². The van der Waals surface area contributed by atoms with Crippen LogP contribution in [0.3, 0.4) is 0 Å². The summed E-state index contributed by atoms with van der Waals surface area (Å²) in [6.07, 6.45) is 1.61. The van der Waals surface area contributed by atoms with Gasteiger partial charge in [0.1, 0.15) is 6.04 Å². The zero-order valence-corrected chi connectivity index (χ0v) is 11.0. The van der Waals surface area contributed by atoms with Gasteiger partial charge in [-0.2, -0.15) is 0 Å². The lowest BCUT2D eigenvalue weighted by Gasteiger charge is -2.21. The molecule has 0 bridgehead atoms. The van der Waals surface area contributed by atoms with E-state index in [1.54, 1.807) is 6.20 Å². The van der Waals surface area contributed by atoms with E-state index in [2.05, 4.69) is 10.3 Å². The summed E-state index contributed by atoms with van der Waals surface area (Å²) in [6, 6.07) is -1.41. The molecule has 2 heterocycles. The van der Waals surface area contributed by atoms with E-state index in [9.17, 15) is 14.7 Å². The highest BCUT2D eigenvalue weighted by molar-refractivity contribution is 7.09. The number of aromatic nitrogens is 1. The number of aliphatic carboxylic acids is 1. The van der Waals surface area contributed by atoms with E-state index in [4.69, 9.17) is 5.11 Å². The van der Waals surface area contributed by atoms with Crippen LogP contribution >= 0.6 is 11.3 Å². The molecule has 19 heavy (non-hydrogen) atoms. The van der Waals surface area contributed by atoms with E-state index in [1.807, 2.05) is 5.38 Å². The molecule has 1 aromatic heterocycles. The zero-order valence-electron chi connectivity index (χ0n) is 10.2. The van der Waals surface area contributed by atoms with Crippen LogP contribution in [0.15, 0.2) is 11.6 Å². The highest BCUT2D eigenvalue weighted by Gasteiger charge is 2.38. The van der Waals surface area contributed by atoms with Gasteiger partial charge in [-0.3, -0.25) is 0 Å². The van der Waals surface area contributed by atoms with Crippen molar-refractivity contribution in [2.45, 2.75) is 25.0 Å². The molecular formula is C11H15N3O4S. The normalized spacial score (nSPS) is 22.5. The lowest BCUT2D eigenvalue weighted by atomic mass is 10.2. The molecule has 0 saturated carbocycles. The van der Waals surface area contributed by atoms with Crippen LogP contribution in [0.1, 0.15) is 11.4 Å². The van der Waals surface area contributed by atoms with Crippen molar-refractivity contribution in [3.8, 4) is 0 Å². The first-order valence-electron chi connectivity index (χ1n) is 5.91. The zero-order chi connectivity index (χ0) is 13.8. The van der Waals surface area contributed by atoms with Crippen molar-refractivity contribution in [1.29, 1.82) is 0 Å². The largest absolute Gasteiger partial charge is 0.480 e. The Kier molecular flexibility index (Phi) is 4.33. The minimum absolute atomic E-state index is 0.0556. The first kappa shape index (κ1) is 13.8. The number of nitrogens with zero attached hydrogens (tertiary/aromatic N) is 2. The van der Waals surface area contributed by atoms with E-state index in [1.165, 1.54) is 11.3 Å². The fourth-order valence-electron chi connectivity index (χ4n) is 2.03. The van der Waals surface area contributed by atoms with E-state index in [-0.39, 0.29) is 13.0 Å². The number of aliphatic hydroxyl groups is 1. The van der Waals surface area contributed by atoms with Crippen molar-refractivity contribution in [3.05, 3.63) is 16.6 Å². The van der Waals surface area contributed by atoms with Crippen molar-refractivity contribution in [1.82, 2.24) is 15.2 Å². The summed E-state index contributed by atoms with van der Waals surface area (Å²) in [7, 11) is 0. The van der Waals surface area contributed by atoms with Crippen LogP contribution in [0, 0.1) is 0 Å². The number of hydrogen-bond acceptors (Lipinski definition) is 5. The predicted molar refractivity (Wildman–Crippen MR) is 68.0 cm³/mol. The van der Waals surface area contributed by atoms with Crippen LogP contribution in [0.2, 0.25) is 0 Å². The minimum Gasteiger partial charge on any atom is -0.480 e. The summed E-state index contributed by atoms with van der Waals surface area (Å²) < 4.78 is 0. The molecule has 7 nitrogen and oxygen atoms in total. The summed E-state index contributed by atoms with van der Waals surface area (Å²) in [5, 5.41) is 23.9. The Hall–Kier alpha value is -1.67. The third kappa shape index (κ3) is 3.42. The van der Waals surface area contributed by atoms with Gasteiger partial charge in [-0.15, -0.1) is 11.3 Å². The van der Waals surface area contributed by atoms with Crippen molar-refractivity contribution in [2.24, 2.45) is 0 Å². The fourth-order valence-corrected chi connectivity index (χ4v) is 2.65. The Labute approximate surface area is 113 Å². The number of rotatable bonds is 4. The number of hydrogen-bond donors (Lipinski definition) is 3. The van der Waals surface area contributed by atoms with Crippen LogP contribution in [0.4, 0.5) is 4.79 Å². The molecule has 0 radical (unpaired) electrons. The average molecular weight is 285 g/mol. The maximum atomic E-state index is 11.9. The van der Waals surface area contributed by atoms with E-state index < -0.39 is 24.1 Å². The number of likely N-dealkylation sites (tertiary alicyclic amines) is 1. The minimum atomic E-state index is -1.09. The van der Waals surface area contributed by atoms with Crippen LogP contribution in [-0.2, 0) is 11.2 Å². The molecule has 0 aliphatic carbocycles. The number of nitrogens with one attached hydrogen (secondary N) is 1.